The van der Waals surface area contributed by atoms with Crippen molar-refractivity contribution < 1.29 is 25.2 Å². The lowest BCUT2D eigenvalue weighted by Crippen LogP contribution is -2.70. The van der Waals surface area contributed by atoms with E-state index in [0.29, 0.717) is 42.6 Å². The van der Waals surface area contributed by atoms with Gasteiger partial charge in [0.25, 0.3) is 0 Å². The number of fused-ring (bicyclic) bond motifs is 3. The maximum Gasteiger partial charge on any atom is 0.170 e. The highest BCUT2D eigenvalue weighted by Crippen LogP contribution is 2.70. The molecule has 0 aromatic heterocycles. The number of carbonyl (C=O) groups excluding carboxylic acids is 1. The predicted octanol–water partition coefficient (Wildman–Crippen LogP) is 3.54. The van der Waals surface area contributed by atoms with Gasteiger partial charge in [-0.2, -0.15) is 0 Å². The van der Waals surface area contributed by atoms with E-state index in [9.17, 15) is 25.2 Å². The number of hydrogen-bond donors (Lipinski definition) is 4. The van der Waals surface area contributed by atoms with Crippen LogP contribution in [-0.2, 0) is 4.79 Å². The third kappa shape index (κ3) is 2.77. The molecule has 0 aromatic rings. The lowest BCUT2D eigenvalue weighted by atomic mass is 9.46. The van der Waals surface area contributed by atoms with Crippen molar-refractivity contribution in [3.8, 4) is 0 Å². The predicted molar refractivity (Wildman–Crippen MR) is 126 cm³/mol. The van der Waals surface area contributed by atoms with Crippen LogP contribution in [0.4, 0.5) is 0 Å². The van der Waals surface area contributed by atoms with Gasteiger partial charge in [0.05, 0.1) is 17.8 Å². The average molecular weight is 459 g/mol. The fourth-order valence-electron chi connectivity index (χ4n) is 8.86. The normalized spacial score (nSPS) is 50.7. The molecule has 5 aliphatic carbocycles. The molecule has 0 aromatic carbocycles. The molecule has 0 radical (unpaired) electrons. The second kappa shape index (κ2) is 7.25. The minimum Gasteiger partial charge on any atom is -0.393 e. The summed E-state index contributed by atoms with van der Waals surface area (Å²) in [5.41, 5.74) is -2.57. The van der Waals surface area contributed by atoms with Crippen molar-refractivity contribution in [1.82, 2.24) is 0 Å². The van der Waals surface area contributed by atoms with Gasteiger partial charge < -0.3 is 20.4 Å². The molecule has 3 saturated carbocycles. The molecule has 5 nitrogen and oxygen atoms in total. The van der Waals surface area contributed by atoms with Crippen LogP contribution in [0.2, 0.25) is 0 Å². The summed E-state index contributed by atoms with van der Waals surface area (Å²) in [7, 11) is 0. The van der Waals surface area contributed by atoms with Gasteiger partial charge >= 0.3 is 0 Å². The summed E-state index contributed by atoms with van der Waals surface area (Å²) in [4.78, 5) is 14.0. The van der Waals surface area contributed by atoms with Crippen molar-refractivity contribution in [3.05, 3.63) is 23.3 Å². The van der Waals surface area contributed by atoms with Crippen molar-refractivity contribution in [2.45, 2.75) is 103 Å². The molecule has 3 fully saturated rings. The quantitative estimate of drug-likeness (QED) is 0.519. The van der Waals surface area contributed by atoms with Crippen LogP contribution in [0.25, 0.3) is 0 Å². The summed E-state index contributed by atoms with van der Waals surface area (Å²) >= 11 is 0. The van der Waals surface area contributed by atoms with Gasteiger partial charge in [-0.3, -0.25) is 4.79 Å². The van der Waals surface area contributed by atoms with Gasteiger partial charge in [0, 0.05) is 23.7 Å². The summed E-state index contributed by atoms with van der Waals surface area (Å²) in [5, 5.41) is 45.2. The molecule has 184 valence electrons. The molecular formula is C28H42O5. The molecule has 1 spiro atoms. The summed E-state index contributed by atoms with van der Waals surface area (Å²) in [6, 6.07) is 0. The number of allylic oxidation sites excluding steroid dienone is 1. The van der Waals surface area contributed by atoms with Crippen LogP contribution in [0, 0.1) is 40.4 Å². The molecular weight excluding hydrogens is 416 g/mol. The first-order valence-electron chi connectivity index (χ1n) is 13.1. The second-order valence-electron chi connectivity index (χ2n) is 12.8. The van der Waals surface area contributed by atoms with Gasteiger partial charge in [-0.1, -0.05) is 52.3 Å². The van der Waals surface area contributed by atoms with E-state index in [1.165, 1.54) is 5.57 Å². The van der Waals surface area contributed by atoms with E-state index in [0.717, 1.165) is 19.3 Å². The van der Waals surface area contributed by atoms with E-state index < -0.39 is 28.8 Å². The molecule has 33 heavy (non-hydrogen) atoms. The Hall–Kier alpha value is -1.01. The minimum absolute atomic E-state index is 0.143. The standard InChI is InChI=1S/C28H42O5/c1-15(2)16(3)24(31)19-13-26-14-23(30)28(33)22(21(26)7-6-20(26)17(19)4)9-11-27(32)12-18(29)8-10-25(27,28)5/h9,11,15-20,24,29,31-33H,6-8,10,12-14H2,1-5H3. The summed E-state index contributed by atoms with van der Waals surface area (Å²) in [6.45, 7) is 10.5. The van der Waals surface area contributed by atoms with Crippen LogP contribution in [0.5, 0.6) is 0 Å². The van der Waals surface area contributed by atoms with Gasteiger partial charge in [0.15, 0.2) is 11.4 Å². The van der Waals surface area contributed by atoms with E-state index in [4.69, 9.17) is 0 Å². The Morgan fingerprint density at radius 1 is 1.12 bits per heavy atom. The third-order valence-corrected chi connectivity index (χ3v) is 11.4. The van der Waals surface area contributed by atoms with E-state index in [1.54, 1.807) is 6.08 Å². The van der Waals surface area contributed by atoms with Crippen LogP contribution < -0.4 is 0 Å². The highest BCUT2D eigenvalue weighted by molar-refractivity contribution is 5.96. The zero-order chi connectivity index (χ0) is 24.1. The molecule has 5 rings (SSSR count). The fraction of sp³-hybridized carbons (Fsp3) is 0.821. The topological polar surface area (TPSA) is 98.0 Å². The van der Waals surface area contributed by atoms with Crippen LogP contribution in [0.1, 0.15) is 79.6 Å². The summed E-state index contributed by atoms with van der Waals surface area (Å²) in [6.07, 6.45) is 6.47. The Morgan fingerprint density at radius 2 is 1.82 bits per heavy atom. The number of hydrogen-bond acceptors (Lipinski definition) is 5. The van der Waals surface area contributed by atoms with Crippen molar-refractivity contribution in [1.29, 1.82) is 0 Å². The van der Waals surface area contributed by atoms with Crippen molar-refractivity contribution in [3.63, 3.8) is 0 Å². The second-order valence-corrected chi connectivity index (χ2v) is 12.8. The highest BCUT2D eigenvalue weighted by Gasteiger charge is 2.72. The lowest BCUT2D eigenvalue weighted by Gasteiger charge is -2.60. The number of Topliss-reactive ketones (excluding diaryl/α,β-unsaturated/α-hetero) is 1. The molecule has 0 saturated heterocycles. The molecule has 0 bridgehead atoms. The average Bonchev–Trinajstić information content (AvgIpc) is 3.23. The van der Waals surface area contributed by atoms with Gasteiger partial charge in [-0.25, -0.2) is 0 Å². The number of aliphatic hydroxyl groups excluding tert-OH is 2. The monoisotopic (exact) mass is 458 g/mol. The van der Waals surface area contributed by atoms with Gasteiger partial charge in [0.2, 0.25) is 0 Å². The van der Waals surface area contributed by atoms with Crippen molar-refractivity contribution in [2.75, 3.05) is 0 Å². The van der Waals surface area contributed by atoms with E-state index in [2.05, 4.69) is 27.7 Å². The van der Waals surface area contributed by atoms with Crippen molar-refractivity contribution in [2.24, 2.45) is 40.4 Å². The first kappa shape index (κ1) is 23.7. The highest BCUT2D eigenvalue weighted by atomic mass is 16.3. The van der Waals surface area contributed by atoms with Gasteiger partial charge in [-0.15, -0.1) is 0 Å². The van der Waals surface area contributed by atoms with Crippen LogP contribution in [0.15, 0.2) is 23.3 Å². The minimum atomic E-state index is -1.72. The Kier molecular flexibility index (Phi) is 5.21. The largest absolute Gasteiger partial charge is 0.393 e. The summed E-state index contributed by atoms with van der Waals surface area (Å²) < 4.78 is 0. The Morgan fingerprint density at radius 3 is 2.48 bits per heavy atom. The van der Waals surface area contributed by atoms with Crippen LogP contribution in [0.3, 0.4) is 0 Å². The molecule has 5 heteroatoms. The number of aliphatic hydroxyl groups is 4. The Balaban J connectivity index is 1.62. The zero-order valence-corrected chi connectivity index (χ0v) is 20.8. The maximum absolute atomic E-state index is 14.0. The first-order valence-corrected chi connectivity index (χ1v) is 13.1. The molecule has 0 heterocycles. The zero-order valence-electron chi connectivity index (χ0n) is 20.8. The summed E-state index contributed by atoms with van der Waals surface area (Å²) in [5.74, 6) is 1.20. The van der Waals surface area contributed by atoms with Crippen LogP contribution in [-0.4, -0.2) is 49.6 Å². The smallest absolute Gasteiger partial charge is 0.170 e. The molecule has 10 unspecified atom stereocenters. The van der Waals surface area contributed by atoms with Gasteiger partial charge in [-0.05, 0) is 67.3 Å². The maximum atomic E-state index is 14.0. The molecule has 4 N–H and O–H groups in total. The third-order valence-electron chi connectivity index (χ3n) is 11.4. The lowest BCUT2D eigenvalue weighted by molar-refractivity contribution is -0.199. The SMILES string of the molecule is CC(C)C(C)C(O)C1CC23CC(=O)C4(O)C(=C2CCC3C1C)C=CC1(O)CC(O)CCC14C. The van der Waals surface area contributed by atoms with Crippen LogP contribution >= 0.6 is 0 Å². The fourth-order valence-corrected chi connectivity index (χ4v) is 8.86. The molecule has 0 amide bonds. The molecule has 10 atom stereocenters. The Labute approximate surface area is 198 Å². The van der Waals surface area contributed by atoms with E-state index in [1.807, 2.05) is 13.0 Å². The van der Waals surface area contributed by atoms with Crippen molar-refractivity contribution >= 4 is 5.78 Å². The number of ketones is 1. The first-order chi connectivity index (χ1) is 15.3. The number of carbonyl (C=O) groups is 1. The Bertz CT molecular complexity index is 921. The van der Waals surface area contributed by atoms with E-state index in [-0.39, 0.29) is 29.5 Å². The molecule has 5 aliphatic rings. The number of rotatable bonds is 3. The van der Waals surface area contributed by atoms with E-state index >= 15 is 0 Å². The van der Waals surface area contributed by atoms with Gasteiger partial charge in [0.1, 0.15) is 0 Å². The molecule has 0 aliphatic heterocycles.